The summed E-state index contributed by atoms with van der Waals surface area (Å²) in [5.41, 5.74) is 7.43. The number of halogens is 1. The van der Waals surface area contributed by atoms with Crippen LogP contribution >= 0.6 is 35.7 Å². The van der Waals surface area contributed by atoms with Crippen molar-refractivity contribution < 1.29 is 0 Å². The Bertz CT molecular complexity index is 349. The smallest absolute Gasteiger partial charge is 0.180 e. The van der Waals surface area contributed by atoms with Gasteiger partial charge in [0.2, 0.25) is 0 Å². The third kappa shape index (κ3) is 5.17. The van der Waals surface area contributed by atoms with Crippen molar-refractivity contribution in [1.82, 2.24) is 0 Å². The fourth-order valence-electron chi connectivity index (χ4n) is 0.902. The molecule has 2 N–H and O–H groups in total. The molecule has 0 spiro atoms. The van der Waals surface area contributed by atoms with E-state index < -0.39 is 0 Å². The Morgan fingerprint density at radius 1 is 1.20 bits per heavy atom. The average Bonchev–Trinajstić information content (AvgIpc) is 2.26. The second-order valence-electron chi connectivity index (χ2n) is 2.69. The zero-order valence-corrected chi connectivity index (χ0v) is 11.8. The van der Waals surface area contributed by atoms with Crippen LogP contribution < -0.4 is 5.73 Å². The molecule has 15 heavy (non-hydrogen) atoms. The lowest BCUT2D eigenvalue weighted by Gasteiger charge is -1.97. The number of hydrogen-bond acceptors (Lipinski definition) is 3. The number of thioether (sulfide) groups is 1. The quantitative estimate of drug-likeness (QED) is 0.391. The number of benzene rings is 1. The van der Waals surface area contributed by atoms with Gasteiger partial charge in [0.25, 0.3) is 0 Å². The highest BCUT2D eigenvalue weighted by Gasteiger charge is 1.94. The standard InChI is InChI=1S/C10H13N3S.HI/c1-8(12-13-10(11)14-2)9-6-4-3-5-7-9;/h3-7H,1-2H3,(H2,11,13);1H/b12-8-;. The number of hydrogen-bond donors (Lipinski definition) is 1. The molecule has 5 heteroatoms. The van der Waals surface area contributed by atoms with Crippen LogP contribution in [-0.4, -0.2) is 17.1 Å². The molecule has 0 bridgehead atoms. The van der Waals surface area contributed by atoms with E-state index in [2.05, 4.69) is 10.2 Å². The number of rotatable bonds is 2. The van der Waals surface area contributed by atoms with Gasteiger partial charge in [0.15, 0.2) is 5.17 Å². The van der Waals surface area contributed by atoms with Crippen LogP contribution in [0.15, 0.2) is 40.5 Å². The molecule has 0 fully saturated rings. The molecule has 3 nitrogen and oxygen atoms in total. The number of amidine groups is 1. The molecule has 0 saturated carbocycles. The Balaban J connectivity index is 0.00000196. The average molecular weight is 335 g/mol. The number of nitrogens with two attached hydrogens (primary N) is 1. The largest absolute Gasteiger partial charge is 0.377 e. The van der Waals surface area contributed by atoms with Crippen LogP contribution in [0.4, 0.5) is 0 Å². The summed E-state index contributed by atoms with van der Waals surface area (Å²) in [4.78, 5) is 0. The highest BCUT2D eigenvalue weighted by molar-refractivity contribution is 14.0. The lowest BCUT2D eigenvalue weighted by Crippen LogP contribution is -2.04. The maximum atomic E-state index is 5.51. The van der Waals surface area contributed by atoms with Crippen molar-refractivity contribution in [3.8, 4) is 0 Å². The first-order valence-corrected chi connectivity index (χ1v) is 5.43. The molecular weight excluding hydrogens is 321 g/mol. The first kappa shape index (κ1) is 14.4. The van der Waals surface area contributed by atoms with Crippen molar-refractivity contribution in [2.75, 3.05) is 6.26 Å². The monoisotopic (exact) mass is 335 g/mol. The van der Waals surface area contributed by atoms with Gasteiger partial charge in [-0.1, -0.05) is 42.1 Å². The Labute approximate surface area is 111 Å². The summed E-state index contributed by atoms with van der Waals surface area (Å²) >= 11 is 1.38. The zero-order chi connectivity index (χ0) is 10.4. The van der Waals surface area contributed by atoms with Crippen molar-refractivity contribution in [2.45, 2.75) is 6.92 Å². The highest BCUT2D eigenvalue weighted by atomic mass is 127. The first-order valence-electron chi connectivity index (χ1n) is 4.21. The van der Waals surface area contributed by atoms with Crippen molar-refractivity contribution in [1.29, 1.82) is 0 Å². The molecule has 1 rings (SSSR count). The molecule has 0 saturated heterocycles. The summed E-state index contributed by atoms with van der Waals surface area (Å²) in [7, 11) is 0. The molecule has 0 aliphatic heterocycles. The molecule has 0 radical (unpaired) electrons. The maximum Gasteiger partial charge on any atom is 0.180 e. The summed E-state index contributed by atoms with van der Waals surface area (Å²) < 4.78 is 0. The number of nitrogens with zero attached hydrogens (tertiary/aromatic N) is 2. The SMILES string of the molecule is CS/C(N)=N/N=C(/C)c1ccccc1.I. The van der Waals surface area contributed by atoms with E-state index in [1.165, 1.54) is 11.8 Å². The summed E-state index contributed by atoms with van der Waals surface area (Å²) in [5, 5.41) is 8.36. The van der Waals surface area contributed by atoms with Gasteiger partial charge in [0.1, 0.15) is 0 Å². The second-order valence-corrected chi connectivity index (χ2v) is 3.52. The van der Waals surface area contributed by atoms with Gasteiger partial charge in [-0.15, -0.1) is 29.1 Å². The zero-order valence-electron chi connectivity index (χ0n) is 8.68. The Hall–Kier alpha value is -0.560. The predicted molar refractivity (Wildman–Crippen MR) is 79.2 cm³/mol. The fourth-order valence-corrected chi connectivity index (χ4v) is 1.02. The third-order valence-electron chi connectivity index (χ3n) is 1.70. The molecular formula is C10H14IN3S. The maximum absolute atomic E-state index is 5.51. The molecule has 1 aromatic carbocycles. The third-order valence-corrected chi connectivity index (χ3v) is 2.20. The normalized spacial score (nSPS) is 12.1. The van der Waals surface area contributed by atoms with E-state index in [1.807, 2.05) is 43.5 Å². The fraction of sp³-hybridized carbons (Fsp3) is 0.200. The van der Waals surface area contributed by atoms with Crippen LogP contribution in [0.1, 0.15) is 12.5 Å². The van der Waals surface area contributed by atoms with Crippen LogP contribution in [0.3, 0.4) is 0 Å². The van der Waals surface area contributed by atoms with Gasteiger partial charge in [-0.25, -0.2) is 0 Å². The Morgan fingerprint density at radius 3 is 2.33 bits per heavy atom. The molecule has 0 aliphatic carbocycles. The first-order chi connectivity index (χ1) is 6.74. The minimum Gasteiger partial charge on any atom is -0.377 e. The van der Waals surface area contributed by atoms with Crippen LogP contribution in [0.2, 0.25) is 0 Å². The van der Waals surface area contributed by atoms with Gasteiger partial charge >= 0.3 is 0 Å². The van der Waals surface area contributed by atoms with Gasteiger partial charge < -0.3 is 5.73 Å². The van der Waals surface area contributed by atoms with Gasteiger partial charge in [0.05, 0.1) is 5.71 Å². The summed E-state index contributed by atoms with van der Waals surface area (Å²) in [6, 6.07) is 9.88. The molecule has 0 aliphatic rings. The lowest BCUT2D eigenvalue weighted by molar-refractivity contribution is 1.23. The van der Waals surface area contributed by atoms with Crippen molar-refractivity contribution in [3.63, 3.8) is 0 Å². The summed E-state index contributed by atoms with van der Waals surface area (Å²) in [6.07, 6.45) is 1.87. The van der Waals surface area contributed by atoms with E-state index in [1.54, 1.807) is 0 Å². The molecule has 0 amide bonds. The van der Waals surface area contributed by atoms with Crippen molar-refractivity contribution in [3.05, 3.63) is 35.9 Å². The summed E-state index contributed by atoms with van der Waals surface area (Å²) in [5.74, 6) is 0. The predicted octanol–water partition coefficient (Wildman–Crippen LogP) is 2.71. The lowest BCUT2D eigenvalue weighted by atomic mass is 10.1. The van der Waals surface area contributed by atoms with E-state index in [0.717, 1.165) is 11.3 Å². The Morgan fingerprint density at radius 2 is 1.80 bits per heavy atom. The molecule has 1 aromatic rings. The second kappa shape index (κ2) is 7.70. The minimum absolute atomic E-state index is 0. The highest BCUT2D eigenvalue weighted by Crippen LogP contribution is 2.01. The van der Waals surface area contributed by atoms with E-state index >= 15 is 0 Å². The van der Waals surface area contributed by atoms with Gasteiger partial charge in [-0.2, -0.15) is 5.10 Å². The van der Waals surface area contributed by atoms with Gasteiger partial charge in [-0.3, -0.25) is 0 Å². The van der Waals surface area contributed by atoms with Crippen LogP contribution in [0.5, 0.6) is 0 Å². The molecule has 0 aromatic heterocycles. The van der Waals surface area contributed by atoms with E-state index in [4.69, 9.17) is 5.73 Å². The topological polar surface area (TPSA) is 50.7 Å². The van der Waals surface area contributed by atoms with Crippen LogP contribution in [-0.2, 0) is 0 Å². The molecule has 82 valence electrons. The van der Waals surface area contributed by atoms with Crippen molar-refractivity contribution >= 4 is 46.6 Å². The molecule has 0 atom stereocenters. The van der Waals surface area contributed by atoms with Gasteiger partial charge in [0, 0.05) is 0 Å². The van der Waals surface area contributed by atoms with E-state index in [9.17, 15) is 0 Å². The summed E-state index contributed by atoms with van der Waals surface area (Å²) in [6.45, 7) is 1.91. The molecule has 0 unspecified atom stereocenters. The van der Waals surface area contributed by atoms with E-state index in [-0.39, 0.29) is 24.0 Å². The molecule has 0 heterocycles. The minimum atomic E-state index is 0. The van der Waals surface area contributed by atoms with Crippen LogP contribution in [0, 0.1) is 0 Å². The van der Waals surface area contributed by atoms with E-state index in [0.29, 0.717) is 5.17 Å². The van der Waals surface area contributed by atoms with Crippen LogP contribution in [0.25, 0.3) is 0 Å². The van der Waals surface area contributed by atoms with Crippen molar-refractivity contribution in [2.24, 2.45) is 15.9 Å². The van der Waals surface area contributed by atoms with Gasteiger partial charge in [-0.05, 0) is 18.7 Å². The Kier molecular flexibility index (Phi) is 7.41.